The van der Waals surface area contributed by atoms with Crippen LogP contribution in [0.2, 0.25) is 0 Å². The van der Waals surface area contributed by atoms with Crippen LogP contribution in [-0.4, -0.2) is 29.9 Å². The molecule has 0 atom stereocenters. The number of aryl methyl sites for hydroxylation is 1. The van der Waals surface area contributed by atoms with E-state index in [1.807, 2.05) is 13.0 Å². The minimum absolute atomic E-state index is 0.131. The van der Waals surface area contributed by atoms with Crippen LogP contribution in [0.5, 0.6) is 0 Å². The Morgan fingerprint density at radius 3 is 2.95 bits per heavy atom. The monoisotopic (exact) mass is 321 g/mol. The van der Waals surface area contributed by atoms with Crippen molar-refractivity contribution < 1.29 is 14.3 Å². The third kappa shape index (κ3) is 3.16. The quantitative estimate of drug-likeness (QED) is 0.817. The molecule has 0 bridgehead atoms. The molecular formula is C15H15NO3S2. The Balaban J connectivity index is 1.54. The molecule has 4 nitrogen and oxygen atoms in total. The van der Waals surface area contributed by atoms with Crippen LogP contribution in [0.3, 0.4) is 0 Å². The van der Waals surface area contributed by atoms with Crippen molar-refractivity contribution in [2.75, 3.05) is 13.2 Å². The van der Waals surface area contributed by atoms with Crippen molar-refractivity contribution in [1.82, 2.24) is 4.90 Å². The third-order valence-corrected chi connectivity index (χ3v) is 5.43. The van der Waals surface area contributed by atoms with Crippen molar-refractivity contribution in [3.8, 4) is 0 Å². The van der Waals surface area contributed by atoms with E-state index in [1.165, 1.54) is 21.8 Å². The van der Waals surface area contributed by atoms with Crippen LogP contribution in [0.1, 0.15) is 25.0 Å². The number of thiophene rings is 2. The van der Waals surface area contributed by atoms with Gasteiger partial charge in [-0.2, -0.15) is 0 Å². The van der Waals surface area contributed by atoms with Crippen molar-refractivity contribution in [3.05, 3.63) is 43.8 Å². The lowest BCUT2D eigenvalue weighted by Gasteiger charge is -2.26. The van der Waals surface area contributed by atoms with Gasteiger partial charge in [0, 0.05) is 22.8 Å². The van der Waals surface area contributed by atoms with Crippen molar-refractivity contribution in [2.45, 2.75) is 19.9 Å². The Morgan fingerprint density at radius 2 is 2.19 bits per heavy atom. The molecule has 1 aliphatic heterocycles. The average molecular weight is 321 g/mol. The van der Waals surface area contributed by atoms with Crippen LogP contribution >= 0.6 is 22.7 Å². The Hall–Kier alpha value is -1.66. The van der Waals surface area contributed by atoms with Crippen LogP contribution in [0.4, 0.5) is 0 Å². The van der Waals surface area contributed by atoms with Gasteiger partial charge >= 0.3 is 5.97 Å². The van der Waals surface area contributed by atoms with Gasteiger partial charge in [0.15, 0.2) is 6.61 Å². The number of esters is 1. The number of ether oxygens (including phenoxy) is 1. The fourth-order valence-electron chi connectivity index (χ4n) is 2.30. The maximum Gasteiger partial charge on any atom is 0.348 e. The molecule has 0 saturated heterocycles. The van der Waals surface area contributed by atoms with Gasteiger partial charge in [-0.25, -0.2) is 4.79 Å². The van der Waals surface area contributed by atoms with E-state index in [9.17, 15) is 9.59 Å². The van der Waals surface area contributed by atoms with Crippen LogP contribution < -0.4 is 0 Å². The minimum Gasteiger partial charge on any atom is -0.451 e. The van der Waals surface area contributed by atoms with Crippen LogP contribution in [0.25, 0.3) is 0 Å². The summed E-state index contributed by atoms with van der Waals surface area (Å²) in [4.78, 5) is 28.6. The first-order chi connectivity index (χ1) is 10.1. The number of rotatable bonds is 3. The van der Waals surface area contributed by atoms with E-state index in [0.717, 1.165) is 11.3 Å². The molecule has 0 spiro atoms. The first-order valence-electron chi connectivity index (χ1n) is 6.70. The van der Waals surface area contributed by atoms with Gasteiger partial charge in [-0.15, -0.1) is 22.7 Å². The normalized spacial score (nSPS) is 13.9. The van der Waals surface area contributed by atoms with Gasteiger partial charge in [-0.3, -0.25) is 4.79 Å². The average Bonchev–Trinajstić information content (AvgIpc) is 3.12. The summed E-state index contributed by atoms with van der Waals surface area (Å²) in [6.45, 7) is 3.06. The van der Waals surface area contributed by atoms with Crippen LogP contribution in [0.15, 0.2) is 23.6 Å². The van der Waals surface area contributed by atoms with Crippen molar-refractivity contribution in [3.63, 3.8) is 0 Å². The molecular weight excluding hydrogens is 306 g/mol. The summed E-state index contributed by atoms with van der Waals surface area (Å²) in [5, 5.41) is 2.05. The smallest absolute Gasteiger partial charge is 0.348 e. The molecule has 3 heterocycles. The van der Waals surface area contributed by atoms with Crippen LogP contribution in [0, 0.1) is 6.92 Å². The van der Waals surface area contributed by atoms with Gasteiger partial charge in [0.2, 0.25) is 0 Å². The fourth-order valence-corrected chi connectivity index (χ4v) is 3.95. The zero-order valence-electron chi connectivity index (χ0n) is 11.6. The summed E-state index contributed by atoms with van der Waals surface area (Å²) in [6.07, 6.45) is 0.886. The number of hydrogen-bond acceptors (Lipinski definition) is 5. The number of carbonyl (C=O) groups excluding carboxylic acids is 2. The highest BCUT2D eigenvalue weighted by Gasteiger charge is 2.22. The highest BCUT2D eigenvalue weighted by atomic mass is 32.1. The van der Waals surface area contributed by atoms with Gasteiger partial charge in [-0.05, 0) is 42.5 Å². The second kappa shape index (κ2) is 5.99. The predicted molar refractivity (Wildman–Crippen MR) is 82.8 cm³/mol. The Bertz CT molecular complexity index is 674. The molecule has 0 radical (unpaired) electrons. The molecule has 2 aromatic heterocycles. The summed E-state index contributed by atoms with van der Waals surface area (Å²) < 4.78 is 5.11. The summed E-state index contributed by atoms with van der Waals surface area (Å²) in [7, 11) is 0. The molecule has 2 aromatic rings. The third-order valence-electron chi connectivity index (χ3n) is 3.43. The summed E-state index contributed by atoms with van der Waals surface area (Å²) in [5.74, 6) is -0.553. The Labute approximate surface area is 131 Å². The molecule has 3 rings (SSSR count). The molecule has 0 unspecified atom stereocenters. The summed E-state index contributed by atoms with van der Waals surface area (Å²) in [6, 6.07) is 5.65. The maximum absolute atomic E-state index is 12.1. The van der Waals surface area contributed by atoms with Gasteiger partial charge in [0.25, 0.3) is 5.91 Å². The number of hydrogen-bond donors (Lipinski definition) is 0. The maximum atomic E-state index is 12.1. The SMILES string of the molecule is Cc1ccc(C(=O)OCC(=O)N2CCc3sccc3C2)s1. The Morgan fingerprint density at radius 1 is 1.33 bits per heavy atom. The largest absolute Gasteiger partial charge is 0.451 e. The molecule has 0 saturated carbocycles. The molecule has 110 valence electrons. The van der Waals surface area contributed by atoms with E-state index in [0.29, 0.717) is 18.0 Å². The number of nitrogens with zero attached hydrogens (tertiary/aromatic N) is 1. The van der Waals surface area contributed by atoms with E-state index in [1.54, 1.807) is 22.3 Å². The first-order valence-corrected chi connectivity index (χ1v) is 8.39. The standard InChI is InChI=1S/C15H15NO3S2/c1-10-2-3-13(21-10)15(18)19-9-14(17)16-6-4-12-11(8-16)5-7-20-12/h2-3,5,7H,4,6,8-9H2,1H3. The number of fused-ring (bicyclic) bond motifs is 1. The van der Waals surface area contributed by atoms with E-state index < -0.39 is 5.97 Å². The zero-order valence-corrected chi connectivity index (χ0v) is 13.3. The van der Waals surface area contributed by atoms with Crippen molar-refractivity contribution >= 4 is 34.6 Å². The topological polar surface area (TPSA) is 46.6 Å². The molecule has 6 heteroatoms. The van der Waals surface area contributed by atoms with Crippen molar-refractivity contribution in [1.29, 1.82) is 0 Å². The number of carbonyl (C=O) groups is 2. The highest BCUT2D eigenvalue weighted by molar-refractivity contribution is 7.13. The summed E-state index contributed by atoms with van der Waals surface area (Å²) >= 11 is 3.11. The second-order valence-corrected chi connectivity index (χ2v) is 7.21. The molecule has 0 aromatic carbocycles. The molecule has 0 fully saturated rings. The number of amides is 1. The van der Waals surface area contributed by atoms with Gasteiger partial charge < -0.3 is 9.64 Å². The van der Waals surface area contributed by atoms with Gasteiger partial charge in [-0.1, -0.05) is 0 Å². The van der Waals surface area contributed by atoms with E-state index >= 15 is 0 Å². The fraction of sp³-hybridized carbons (Fsp3) is 0.333. The van der Waals surface area contributed by atoms with E-state index in [2.05, 4.69) is 11.4 Å². The highest BCUT2D eigenvalue weighted by Crippen LogP contribution is 2.24. The molecule has 0 N–H and O–H groups in total. The minimum atomic E-state index is -0.422. The molecule has 21 heavy (non-hydrogen) atoms. The lowest BCUT2D eigenvalue weighted by Crippen LogP contribution is -2.38. The molecule has 0 aliphatic carbocycles. The van der Waals surface area contributed by atoms with E-state index in [-0.39, 0.29) is 12.5 Å². The van der Waals surface area contributed by atoms with Crippen LogP contribution in [-0.2, 0) is 22.5 Å². The molecule has 1 aliphatic rings. The van der Waals surface area contributed by atoms with Gasteiger partial charge in [0.05, 0.1) is 0 Å². The summed E-state index contributed by atoms with van der Waals surface area (Å²) in [5.41, 5.74) is 1.21. The molecule has 1 amide bonds. The lowest BCUT2D eigenvalue weighted by atomic mass is 10.1. The predicted octanol–water partition coefficient (Wildman–Crippen LogP) is 2.86. The first kappa shape index (κ1) is 14.3. The van der Waals surface area contributed by atoms with Gasteiger partial charge in [0.1, 0.15) is 4.88 Å². The zero-order chi connectivity index (χ0) is 14.8. The van der Waals surface area contributed by atoms with E-state index in [4.69, 9.17) is 4.74 Å². The Kier molecular flexibility index (Phi) is 4.07. The lowest BCUT2D eigenvalue weighted by molar-refractivity contribution is -0.135. The second-order valence-electron chi connectivity index (χ2n) is 4.92. The van der Waals surface area contributed by atoms with Crippen molar-refractivity contribution in [2.24, 2.45) is 0 Å².